The molecule has 1 atom stereocenters. The molecule has 0 bridgehead atoms. The average Bonchev–Trinajstić information content (AvgIpc) is 3.09. The van der Waals surface area contributed by atoms with Crippen LogP contribution in [0.2, 0.25) is 0 Å². The molecule has 131 valence electrons. The molecule has 0 amide bonds. The van der Waals surface area contributed by atoms with Gasteiger partial charge in [-0.05, 0) is 34.7 Å². The summed E-state index contributed by atoms with van der Waals surface area (Å²) in [6.45, 7) is 10.5. The van der Waals surface area contributed by atoms with Crippen LogP contribution in [0.25, 0.3) is 16.6 Å². The summed E-state index contributed by atoms with van der Waals surface area (Å²) < 4.78 is 0. The minimum atomic E-state index is -0.0265. The Hall–Kier alpha value is -1.32. The largest absolute Gasteiger partial charge is 0.559 e. The van der Waals surface area contributed by atoms with Gasteiger partial charge in [0, 0.05) is 25.0 Å². The summed E-state index contributed by atoms with van der Waals surface area (Å²) in [7, 11) is 0. The average molecular weight is 525 g/mol. The summed E-state index contributed by atoms with van der Waals surface area (Å²) >= 11 is 1.67. The van der Waals surface area contributed by atoms with Gasteiger partial charge in [0.2, 0.25) is 0 Å². The number of thioether (sulfide) groups is 1. The second-order valence-corrected chi connectivity index (χ2v) is 7.85. The standard InChI is InChI=1S/C21H20N2S.Ir/c1-5-24-16-7-9-18-17-8-6-15(23-11-10-14(2)22-23)12-19(17)21(3,4)20(18)13-16;/h5,7-14H,1H2,2-4H3;/q-2;. The molecule has 0 fully saturated rings. The second-order valence-electron chi connectivity index (χ2n) is 6.80. The molecule has 2 aromatic carbocycles. The topological polar surface area (TPSA) is 17.3 Å². The van der Waals surface area contributed by atoms with Crippen molar-refractivity contribution in [2.45, 2.75) is 37.1 Å². The zero-order chi connectivity index (χ0) is 16.9. The van der Waals surface area contributed by atoms with E-state index in [9.17, 15) is 0 Å². The minimum absolute atomic E-state index is 0. The van der Waals surface area contributed by atoms with Crippen molar-refractivity contribution in [3.05, 3.63) is 77.2 Å². The third kappa shape index (κ3) is 3.02. The van der Waals surface area contributed by atoms with E-state index < -0.39 is 0 Å². The van der Waals surface area contributed by atoms with Crippen molar-refractivity contribution >= 4 is 17.4 Å². The summed E-state index contributed by atoms with van der Waals surface area (Å²) in [5.74, 6) is 0. The molecule has 25 heavy (non-hydrogen) atoms. The number of hydrogen-bond acceptors (Lipinski definition) is 2. The molecule has 1 radical (unpaired) electrons. The zero-order valence-electron chi connectivity index (χ0n) is 14.5. The molecule has 1 unspecified atom stereocenters. The monoisotopic (exact) mass is 525 g/mol. The minimum Gasteiger partial charge on any atom is -0.559 e. The van der Waals surface area contributed by atoms with Crippen LogP contribution >= 0.6 is 11.8 Å². The third-order valence-electron chi connectivity index (χ3n) is 4.84. The molecule has 4 rings (SSSR count). The Morgan fingerprint density at radius 1 is 1.24 bits per heavy atom. The molecule has 2 aliphatic rings. The Balaban J connectivity index is 0.00000182. The smallest absolute Gasteiger partial charge is 0.0118 e. The first-order valence-electron chi connectivity index (χ1n) is 8.17. The van der Waals surface area contributed by atoms with E-state index in [4.69, 9.17) is 0 Å². The summed E-state index contributed by atoms with van der Waals surface area (Å²) in [5.41, 5.74) is 10.9. The SMILES string of the molecule is C=CSc1ccc2c(c1)C(C)(C)c1cc(N3C=CC(C)[N-]3)[c-]cc1-2.[Ir]. The Labute approximate surface area is 167 Å². The number of rotatable bonds is 3. The van der Waals surface area contributed by atoms with Crippen LogP contribution in [0.5, 0.6) is 0 Å². The molecule has 0 aromatic heterocycles. The molecular weight excluding hydrogens is 505 g/mol. The normalized spacial score (nSPS) is 19.3. The van der Waals surface area contributed by atoms with Gasteiger partial charge in [0.25, 0.3) is 0 Å². The van der Waals surface area contributed by atoms with E-state index in [1.165, 1.54) is 27.1 Å². The van der Waals surface area contributed by atoms with Crippen molar-refractivity contribution in [2.75, 3.05) is 5.01 Å². The molecule has 2 nitrogen and oxygen atoms in total. The van der Waals surface area contributed by atoms with Crippen LogP contribution in [-0.2, 0) is 25.5 Å². The van der Waals surface area contributed by atoms with Gasteiger partial charge in [0.05, 0.1) is 0 Å². The van der Waals surface area contributed by atoms with E-state index in [1.807, 2.05) is 16.6 Å². The van der Waals surface area contributed by atoms with Crippen LogP contribution in [0.15, 0.2) is 59.5 Å². The van der Waals surface area contributed by atoms with E-state index in [2.05, 4.69) is 75.3 Å². The van der Waals surface area contributed by atoms with Crippen LogP contribution in [0.3, 0.4) is 0 Å². The van der Waals surface area contributed by atoms with Crippen molar-refractivity contribution in [1.82, 2.24) is 0 Å². The first-order valence-corrected chi connectivity index (χ1v) is 9.05. The fraction of sp³-hybridized carbons (Fsp3) is 0.238. The summed E-state index contributed by atoms with van der Waals surface area (Å²) in [6.07, 6.45) is 4.12. The van der Waals surface area contributed by atoms with Crippen molar-refractivity contribution in [1.29, 1.82) is 0 Å². The molecular formula is C21H20IrN2S-2. The Kier molecular flexibility index (Phi) is 5.00. The van der Waals surface area contributed by atoms with Gasteiger partial charge in [-0.3, -0.25) is 0 Å². The maximum atomic E-state index is 4.60. The van der Waals surface area contributed by atoms with E-state index in [0.29, 0.717) is 0 Å². The second kappa shape index (κ2) is 6.77. The Bertz CT molecular complexity index is 857. The first-order chi connectivity index (χ1) is 11.5. The van der Waals surface area contributed by atoms with Crippen LogP contribution in [0, 0.1) is 6.07 Å². The Morgan fingerprint density at radius 3 is 2.68 bits per heavy atom. The van der Waals surface area contributed by atoms with Gasteiger partial charge in [-0.2, -0.15) is 12.1 Å². The predicted octanol–water partition coefficient (Wildman–Crippen LogP) is 6.04. The summed E-state index contributed by atoms with van der Waals surface area (Å²) in [4.78, 5) is 1.24. The van der Waals surface area contributed by atoms with Crippen LogP contribution in [0.4, 0.5) is 5.69 Å². The molecule has 1 aliphatic carbocycles. The maximum Gasteiger partial charge on any atom is 0.0118 e. The van der Waals surface area contributed by atoms with Crippen molar-refractivity contribution in [3.63, 3.8) is 0 Å². The quantitative estimate of drug-likeness (QED) is 0.360. The third-order valence-corrected chi connectivity index (χ3v) is 5.53. The number of nitrogens with zero attached hydrogens (tertiary/aromatic N) is 2. The maximum absolute atomic E-state index is 4.60. The Morgan fingerprint density at radius 2 is 2.00 bits per heavy atom. The first kappa shape index (κ1) is 18.5. The van der Waals surface area contributed by atoms with E-state index in [1.54, 1.807) is 11.8 Å². The fourth-order valence-electron chi connectivity index (χ4n) is 3.56. The zero-order valence-corrected chi connectivity index (χ0v) is 17.8. The van der Waals surface area contributed by atoms with E-state index in [-0.39, 0.29) is 31.6 Å². The number of benzene rings is 2. The van der Waals surface area contributed by atoms with Crippen molar-refractivity contribution in [3.8, 4) is 11.1 Å². The van der Waals surface area contributed by atoms with Crippen molar-refractivity contribution in [2.24, 2.45) is 0 Å². The molecule has 1 heterocycles. The van der Waals surface area contributed by atoms with Gasteiger partial charge in [-0.15, -0.1) is 23.2 Å². The van der Waals surface area contributed by atoms with Crippen LogP contribution in [-0.4, -0.2) is 6.04 Å². The number of hydrogen-bond donors (Lipinski definition) is 0. The predicted molar refractivity (Wildman–Crippen MR) is 103 cm³/mol. The van der Waals surface area contributed by atoms with Crippen molar-refractivity contribution < 1.29 is 20.1 Å². The van der Waals surface area contributed by atoms with Crippen LogP contribution in [0.1, 0.15) is 31.9 Å². The molecule has 2 aromatic rings. The van der Waals surface area contributed by atoms with E-state index in [0.717, 1.165) is 5.69 Å². The van der Waals surface area contributed by atoms with Gasteiger partial charge in [-0.1, -0.05) is 62.5 Å². The van der Waals surface area contributed by atoms with Gasteiger partial charge in [0.15, 0.2) is 0 Å². The molecule has 0 saturated carbocycles. The van der Waals surface area contributed by atoms with Gasteiger partial charge in [-0.25, -0.2) is 0 Å². The van der Waals surface area contributed by atoms with Gasteiger partial charge >= 0.3 is 0 Å². The summed E-state index contributed by atoms with van der Waals surface area (Å²) in [5, 5.41) is 3.81. The molecule has 0 saturated heterocycles. The number of anilines is 1. The van der Waals surface area contributed by atoms with E-state index >= 15 is 0 Å². The summed E-state index contributed by atoms with van der Waals surface area (Å²) in [6, 6.07) is 14.7. The molecule has 4 heteroatoms. The molecule has 0 spiro atoms. The van der Waals surface area contributed by atoms with Gasteiger partial charge < -0.3 is 10.4 Å². The molecule has 0 N–H and O–H groups in total. The van der Waals surface area contributed by atoms with Crippen LogP contribution < -0.4 is 5.01 Å². The van der Waals surface area contributed by atoms with Gasteiger partial charge in [0.1, 0.15) is 0 Å². The molecule has 1 aliphatic heterocycles. The number of fused-ring (bicyclic) bond motifs is 3. The fourth-order valence-corrected chi connectivity index (χ4v) is 4.09.